The zero-order valence-corrected chi connectivity index (χ0v) is 21.4. The van der Waals surface area contributed by atoms with Gasteiger partial charge in [0.2, 0.25) is 5.91 Å². The number of carbonyl (C=O) groups excluding carboxylic acids is 3. The Labute approximate surface area is 220 Å². The monoisotopic (exact) mass is 511 g/mol. The van der Waals surface area contributed by atoms with Crippen molar-refractivity contribution >= 4 is 29.1 Å². The SMILES string of the molecule is CC[C@@H](NC(=O)c1ccccc1NC(=O)c1ccccc1)C(=O)Nc1c(C)n(C)n(-c2ccccc2)c1=O. The lowest BCUT2D eigenvalue weighted by molar-refractivity contribution is -0.118. The largest absolute Gasteiger partial charge is 0.340 e. The Kier molecular flexibility index (Phi) is 7.86. The maximum Gasteiger partial charge on any atom is 0.295 e. The van der Waals surface area contributed by atoms with E-state index in [0.717, 1.165) is 0 Å². The lowest BCUT2D eigenvalue weighted by Crippen LogP contribution is -2.44. The van der Waals surface area contributed by atoms with Crippen molar-refractivity contribution in [2.75, 3.05) is 10.6 Å². The van der Waals surface area contributed by atoms with E-state index >= 15 is 0 Å². The van der Waals surface area contributed by atoms with Crippen LogP contribution in [0, 0.1) is 6.92 Å². The van der Waals surface area contributed by atoms with Crippen LogP contribution in [-0.2, 0) is 11.8 Å². The molecule has 9 nitrogen and oxygen atoms in total. The molecule has 1 atom stereocenters. The molecule has 0 bridgehead atoms. The van der Waals surface area contributed by atoms with Crippen LogP contribution in [0.1, 0.15) is 39.8 Å². The van der Waals surface area contributed by atoms with E-state index in [1.165, 1.54) is 4.68 Å². The molecule has 194 valence electrons. The number of hydrogen-bond donors (Lipinski definition) is 3. The van der Waals surface area contributed by atoms with Gasteiger partial charge in [-0.1, -0.05) is 55.5 Å². The first-order valence-electron chi connectivity index (χ1n) is 12.2. The molecular formula is C29H29N5O4. The van der Waals surface area contributed by atoms with Crippen molar-refractivity contribution < 1.29 is 14.4 Å². The number of carbonyl (C=O) groups is 3. The smallest absolute Gasteiger partial charge is 0.295 e. The van der Waals surface area contributed by atoms with E-state index in [4.69, 9.17) is 0 Å². The Morgan fingerprint density at radius 1 is 0.816 bits per heavy atom. The average Bonchev–Trinajstić information content (AvgIpc) is 3.15. The van der Waals surface area contributed by atoms with Crippen LogP contribution in [0.25, 0.3) is 5.69 Å². The van der Waals surface area contributed by atoms with Gasteiger partial charge in [-0.05, 0) is 49.7 Å². The van der Waals surface area contributed by atoms with E-state index in [1.807, 2.05) is 24.3 Å². The van der Waals surface area contributed by atoms with Crippen molar-refractivity contribution in [2.24, 2.45) is 7.05 Å². The number of amides is 3. The third-order valence-electron chi connectivity index (χ3n) is 6.29. The van der Waals surface area contributed by atoms with Crippen molar-refractivity contribution in [3.8, 4) is 5.69 Å². The minimum atomic E-state index is -0.912. The number of rotatable bonds is 8. The summed E-state index contributed by atoms with van der Waals surface area (Å²) in [5.41, 5.74) is 1.99. The highest BCUT2D eigenvalue weighted by Gasteiger charge is 2.25. The molecule has 0 saturated heterocycles. The number of para-hydroxylation sites is 2. The molecule has 3 N–H and O–H groups in total. The number of aromatic nitrogens is 2. The van der Waals surface area contributed by atoms with Gasteiger partial charge in [0.1, 0.15) is 11.7 Å². The van der Waals surface area contributed by atoms with Crippen LogP contribution in [0.15, 0.2) is 89.7 Å². The Hall–Kier alpha value is -4.92. The van der Waals surface area contributed by atoms with Gasteiger partial charge >= 0.3 is 0 Å². The molecule has 38 heavy (non-hydrogen) atoms. The Balaban J connectivity index is 1.52. The molecule has 0 aliphatic carbocycles. The predicted molar refractivity (Wildman–Crippen MR) is 147 cm³/mol. The second-order valence-electron chi connectivity index (χ2n) is 8.73. The van der Waals surface area contributed by atoms with Crippen LogP contribution in [0.5, 0.6) is 0 Å². The van der Waals surface area contributed by atoms with Crippen molar-refractivity contribution in [1.82, 2.24) is 14.7 Å². The second kappa shape index (κ2) is 11.4. The number of anilines is 2. The third kappa shape index (κ3) is 5.41. The molecule has 0 radical (unpaired) electrons. The maximum absolute atomic E-state index is 13.2. The highest BCUT2D eigenvalue weighted by atomic mass is 16.2. The second-order valence-corrected chi connectivity index (χ2v) is 8.73. The summed E-state index contributed by atoms with van der Waals surface area (Å²) in [7, 11) is 1.74. The Morgan fingerprint density at radius 3 is 2.08 bits per heavy atom. The van der Waals surface area contributed by atoms with E-state index in [2.05, 4.69) is 16.0 Å². The zero-order chi connectivity index (χ0) is 27.2. The summed E-state index contributed by atoms with van der Waals surface area (Å²) in [4.78, 5) is 52.1. The van der Waals surface area contributed by atoms with Crippen LogP contribution >= 0.6 is 0 Å². The quantitative estimate of drug-likeness (QED) is 0.333. The van der Waals surface area contributed by atoms with Crippen LogP contribution in [0.3, 0.4) is 0 Å². The standard InChI is InChI=1S/C29H29N5O4/c1-4-23(28(37)32-25-19(2)33(3)34(29(25)38)21-15-9-6-10-16-21)30-27(36)22-17-11-12-18-24(22)31-26(35)20-13-7-5-8-14-20/h5-18,23H,4H2,1-3H3,(H,30,36)(H,31,35)(H,32,37)/t23-/m1/s1. The number of nitrogens with one attached hydrogen (secondary N) is 3. The number of benzene rings is 3. The molecule has 0 aliphatic heterocycles. The van der Waals surface area contributed by atoms with E-state index in [0.29, 0.717) is 22.6 Å². The zero-order valence-electron chi connectivity index (χ0n) is 21.4. The molecule has 0 aliphatic rings. The summed E-state index contributed by atoms with van der Waals surface area (Å²) >= 11 is 0. The van der Waals surface area contributed by atoms with Crippen LogP contribution in [0.2, 0.25) is 0 Å². The fraction of sp³-hybridized carbons (Fsp3) is 0.172. The molecule has 9 heteroatoms. The molecule has 0 spiro atoms. The summed E-state index contributed by atoms with van der Waals surface area (Å²) in [5, 5.41) is 8.20. The molecular weight excluding hydrogens is 482 g/mol. The molecule has 4 aromatic rings. The lowest BCUT2D eigenvalue weighted by Gasteiger charge is -2.18. The fourth-order valence-corrected chi connectivity index (χ4v) is 4.09. The molecule has 0 saturated carbocycles. The summed E-state index contributed by atoms with van der Waals surface area (Å²) in [6.45, 7) is 3.50. The molecule has 1 heterocycles. The molecule has 0 unspecified atom stereocenters. The van der Waals surface area contributed by atoms with E-state index in [-0.39, 0.29) is 29.1 Å². The van der Waals surface area contributed by atoms with Gasteiger partial charge in [0.05, 0.1) is 22.6 Å². The van der Waals surface area contributed by atoms with Gasteiger partial charge in [-0.25, -0.2) is 4.68 Å². The first kappa shape index (κ1) is 26.2. The van der Waals surface area contributed by atoms with Gasteiger partial charge in [-0.15, -0.1) is 0 Å². The average molecular weight is 512 g/mol. The molecule has 4 rings (SSSR count). The molecule has 3 amide bonds. The maximum atomic E-state index is 13.2. The fourth-order valence-electron chi connectivity index (χ4n) is 4.09. The first-order valence-corrected chi connectivity index (χ1v) is 12.2. The van der Waals surface area contributed by atoms with Crippen LogP contribution in [-0.4, -0.2) is 33.1 Å². The highest BCUT2D eigenvalue weighted by molar-refractivity contribution is 6.10. The predicted octanol–water partition coefficient (Wildman–Crippen LogP) is 3.88. The van der Waals surface area contributed by atoms with Crippen molar-refractivity contribution in [3.05, 3.63) is 112 Å². The van der Waals surface area contributed by atoms with E-state index in [1.54, 1.807) is 86.2 Å². The Bertz CT molecular complexity index is 1520. The van der Waals surface area contributed by atoms with Gasteiger partial charge in [0.15, 0.2) is 0 Å². The molecule has 3 aromatic carbocycles. The number of nitrogens with zero attached hydrogens (tertiary/aromatic N) is 2. The summed E-state index contributed by atoms with van der Waals surface area (Å²) in [6.07, 6.45) is 0.287. The Morgan fingerprint density at radius 2 is 1.42 bits per heavy atom. The normalized spacial score (nSPS) is 11.4. The van der Waals surface area contributed by atoms with Crippen LogP contribution < -0.4 is 21.5 Å². The van der Waals surface area contributed by atoms with Crippen molar-refractivity contribution in [2.45, 2.75) is 26.3 Å². The van der Waals surface area contributed by atoms with Gasteiger partial charge in [0.25, 0.3) is 17.4 Å². The highest BCUT2D eigenvalue weighted by Crippen LogP contribution is 2.18. The minimum absolute atomic E-state index is 0.143. The number of hydrogen-bond acceptors (Lipinski definition) is 4. The van der Waals surface area contributed by atoms with Crippen molar-refractivity contribution in [3.63, 3.8) is 0 Å². The van der Waals surface area contributed by atoms with Crippen molar-refractivity contribution in [1.29, 1.82) is 0 Å². The minimum Gasteiger partial charge on any atom is -0.340 e. The topological polar surface area (TPSA) is 114 Å². The summed E-state index contributed by atoms with van der Waals surface area (Å²) in [6, 6.07) is 23.4. The van der Waals surface area contributed by atoms with E-state index in [9.17, 15) is 19.2 Å². The van der Waals surface area contributed by atoms with Crippen LogP contribution in [0.4, 0.5) is 11.4 Å². The third-order valence-corrected chi connectivity index (χ3v) is 6.29. The lowest BCUT2D eigenvalue weighted by atomic mass is 10.1. The first-order chi connectivity index (χ1) is 18.3. The van der Waals surface area contributed by atoms with E-state index < -0.39 is 17.9 Å². The van der Waals surface area contributed by atoms with Gasteiger partial charge in [-0.3, -0.25) is 23.9 Å². The summed E-state index contributed by atoms with van der Waals surface area (Å²) < 4.78 is 3.13. The molecule has 1 aromatic heterocycles. The molecule has 0 fully saturated rings. The van der Waals surface area contributed by atoms with Gasteiger partial charge < -0.3 is 16.0 Å². The summed E-state index contributed by atoms with van der Waals surface area (Å²) in [5.74, 6) is -1.40. The van der Waals surface area contributed by atoms with Gasteiger partial charge in [-0.2, -0.15) is 0 Å². The van der Waals surface area contributed by atoms with Gasteiger partial charge in [0, 0.05) is 12.6 Å².